The average molecular weight is 403 g/mol. The number of sulfonamides is 1. The van der Waals surface area contributed by atoms with Gasteiger partial charge in [-0.05, 0) is 42.0 Å². The van der Waals surface area contributed by atoms with E-state index in [4.69, 9.17) is 0 Å². The van der Waals surface area contributed by atoms with Crippen LogP contribution in [0.25, 0.3) is 0 Å². The average Bonchev–Trinajstić information content (AvgIpc) is 2.56. The van der Waals surface area contributed by atoms with Gasteiger partial charge in [0.15, 0.2) is 0 Å². The van der Waals surface area contributed by atoms with Crippen molar-refractivity contribution in [1.29, 1.82) is 0 Å². The third-order valence-electron chi connectivity index (χ3n) is 3.92. The number of fused-ring (bicyclic) bond motifs is 1. The number of rotatable bonds is 3. The summed E-state index contributed by atoms with van der Waals surface area (Å²) in [6.45, 7) is 0.141. The van der Waals surface area contributed by atoms with Crippen molar-refractivity contribution < 1.29 is 30.8 Å². The number of hydrogen-bond acceptors (Lipinski definition) is 3. The molecule has 0 saturated heterocycles. The number of urea groups is 1. The second-order valence-corrected chi connectivity index (χ2v) is 7.59. The Morgan fingerprint density at radius 1 is 1.15 bits per heavy atom. The Morgan fingerprint density at radius 3 is 2.52 bits per heavy atom. The number of nitrogens with one attached hydrogen (secondary N) is 2. The summed E-state index contributed by atoms with van der Waals surface area (Å²) in [5, 5.41) is 2.56. The first-order valence-electron chi connectivity index (χ1n) is 7.52. The number of benzene rings is 2. The molecule has 0 atom stereocenters. The van der Waals surface area contributed by atoms with E-state index in [-0.39, 0.29) is 17.5 Å². The fourth-order valence-electron chi connectivity index (χ4n) is 2.51. The molecule has 0 aromatic heterocycles. The molecular weight excluding hydrogens is 390 g/mol. The van der Waals surface area contributed by atoms with Gasteiger partial charge in [-0.1, -0.05) is 0 Å². The fraction of sp³-hybridized carbons (Fsp3) is 0.188. The van der Waals surface area contributed by atoms with E-state index in [1.165, 1.54) is 24.1 Å². The van der Waals surface area contributed by atoms with E-state index in [0.29, 0.717) is 29.4 Å². The van der Waals surface area contributed by atoms with Crippen LogP contribution in [-0.4, -0.2) is 26.4 Å². The quantitative estimate of drug-likeness (QED) is 0.769. The molecule has 2 N–H and O–H groups in total. The van der Waals surface area contributed by atoms with Crippen LogP contribution in [0.15, 0.2) is 41.3 Å². The zero-order chi connectivity index (χ0) is 20.0. The van der Waals surface area contributed by atoms with E-state index in [9.17, 15) is 30.8 Å². The first kappa shape index (κ1) is 19.0. The Balaban J connectivity index is 1.95. The van der Waals surface area contributed by atoms with Crippen molar-refractivity contribution in [3.05, 3.63) is 53.3 Å². The van der Waals surface area contributed by atoms with Gasteiger partial charge >= 0.3 is 12.2 Å². The fourth-order valence-corrected chi connectivity index (χ4v) is 3.62. The molecule has 1 aliphatic heterocycles. The van der Waals surface area contributed by atoms with Crippen molar-refractivity contribution in [2.45, 2.75) is 17.6 Å². The molecule has 0 aliphatic carbocycles. The van der Waals surface area contributed by atoms with Crippen LogP contribution in [0.1, 0.15) is 11.1 Å². The molecule has 27 heavy (non-hydrogen) atoms. The van der Waals surface area contributed by atoms with Crippen molar-refractivity contribution in [2.75, 3.05) is 17.1 Å². The van der Waals surface area contributed by atoms with Gasteiger partial charge in [-0.15, -0.1) is 0 Å². The Morgan fingerprint density at radius 2 is 1.85 bits per heavy atom. The number of alkyl halides is 3. The molecule has 1 aliphatic rings. The highest BCUT2D eigenvalue weighted by atomic mass is 32.2. The summed E-state index contributed by atoms with van der Waals surface area (Å²) >= 11 is 0. The van der Waals surface area contributed by atoms with Gasteiger partial charge in [-0.3, -0.25) is 4.72 Å². The molecule has 2 aromatic rings. The lowest BCUT2D eigenvalue weighted by atomic mass is 10.1. The highest BCUT2D eigenvalue weighted by Crippen LogP contribution is 2.33. The first-order valence-corrected chi connectivity index (χ1v) is 9.00. The zero-order valence-electron chi connectivity index (χ0n) is 13.8. The molecule has 0 radical (unpaired) electrons. The molecule has 0 fully saturated rings. The molecule has 0 saturated carbocycles. The smallest absolute Gasteiger partial charge is 0.323 e. The van der Waals surface area contributed by atoms with Crippen LogP contribution in [0.5, 0.6) is 0 Å². The van der Waals surface area contributed by atoms with E-state index in [2.05, 4.69) is 5.32 Å². The summed E-state index contributed by atoms with van der Waals surface area (Å²) in [4.78, 5) is 12.6. The van der Waals surface area contributed by atoms with Gasteiger partial charge in [-0.25, -0.2) is 17.6 Å². The molecule has 2 amide bonds. The van der Waals surface area contributed by atoms with Crippen molar-refractivity contribution >= 4 is 27.4 Å². The maximum Gasteiger partial charge on any atom is 0.416 e. The van der Waals surface area contributed by atoms with E-state index in [0.717, 1.165) is 6.07 Å². The molecule has 3 rings (SSSR count). The number of anilines is 2. The predicted octanol–water partition coefficient (Wildman–Crippen LogP) is 3.62. The molecule has 0 spiro atoms. The minimum absolute atomic E-state index is 0.141. The Kier molecular flexibility index (Phi) is 4.50. The number of carbonyl (C=O) groups is 1. The van der Waals surface area contributed by atoms with Crippen LogP contribution in [0.2, 0.25) is 0 Å². The Labute approximate surface area is 151 Å². The maximum absolute atomic E-state index is 13.8. The van der Waals surface area contributed by atoms with E-state index in [1.807, 2.05) is 4.72 Å². The van der Waals surface area contributed by atoms with E-state index < -0.39 is 33.3 Å². The van der Waals surface area contributed by atoms with Crippen LogP contribution < -0.4 is 10.0 Å². The van der Waals surface area contributed by atoms with Crippen molar-refractivity contribution in [1.82, 2.24) is 4.90 Å². The predicted molar refractivity (Wildman–Crippen MR) is 89.1 cm³/mol. The number of carbonyl (C=O) groups excluding carboxylic acids is 1. The van der Waals surface area contributed by atoms with Crippen LogP contribution >= 0.6 is 0 Å². The minimum atomic E-state index is -4.75. The van der Waals surface area contributed by atoms with Crippen LogP contribution in [0.3, 0.4) is 0 Å². The number of hydrogen-bond donors (Lipinski definition) is 2. The summed E-state index contributed by atoms with van der Waals surface area (Å²) in [5.74, 6) is -1.14. The van der Waals surface area contributed by atoms with Crippen molar-refractivity contribution in [2.24, 2.45) is 0 Å². The first-order chi connectivity index (χ1) is 12.5. The lowest BCUT2D eigenvalue weighted by Crippen LogP contribution is -2.35. The third-order valence-corrected chi connectivity index (χ3v) is 5.28. The monoisotopic (exact) mass is 403 g/mol. The molecule has 0 bridgehead atoms. The summed E-state index contributed by atoms with van der Waals surface area (Å²) in [6, 6.07) is 4.87. The zero-order valence-corrected chi connectivity index (χ0v) is 14.6. The molecule has 144 valence electrons. The van der Waals surface area contributed by atoms with Gasteiger partial charge in [-0.2, -0.15) is 13.2 Å². The highest BCUT2D eigenvalue weighted by Gasteiger charge is 2.32. The maximum atomic E-state index is 13.8. The normalized spacial score (nSPS) is 14.6. The summed E-state index contributed by atoms with van der Waals surface area (Å²) in [5.41, 5.74) is -1.09. The van der Waals surface area contributed by atoms with Gasteiger partial charge in [0.1, 0.15) is 5.82 Å². The standard InChI is InChI=1S/C16H13F4N3O3S/c1-23-8-9-6-11(3-5-13(9)21-15(23)24)27(25,26)22-14-7-10(16(18,19)20)2-4-12(14)17/h2-7,22H,8H2,1H3,(H,21,24). The Bertz CT molecular complexity index is 1020. The van der Waals surface area contributed by atoms with Crippen LogP contribution in [0.4, 0.5) is 33.7 Å². The molecule has 2 aromatic carbocycles. The van der Waals surface area contributed by atoms with Crippen molar-refractivity contribution in [3.63, 3.8) is 0 Å². The largest absolute Gasteiger partial charge is 0.416 e. The Hall–Kier alpha value is -2.82. The van der Waals surface area contributed by atoms with Gasteiger partial charge < -0.3 is 10.2 Å². The minimum Gasteiger partial charge on any atom is -0.323 e. The molecular formula is C16H13F4N3O3S. The number of amides is 2. The molecule has 11 heteroatoms. The SMILES string of the molecule is CN1Cc2cc(S(=O)(=O)Nc3cc(C(F)(F)F)ccc3F)ccc2NC1=O. The lowest BCUT2D eigenvalue weighted by molar-refractivity contribution is -0.137. The van der Waals surface area contributed by atoms with Gasteiger partial charge in [0.05, 0.1) is 16.1 Å². The second-order valence-electron chi connectivity index (χ2n) is 5.90. The third kappa shape index (κ3) is 3.82. The number of nitrogens with zero attached hydrogens (tertiary/aromatic N) is 1. The van der Waals surface area contributed by atoms with Gasteiger partial charge in [0.2, 0.25) is 0 Å². The molecule has 6 nitrogen and oxygen atoms in total. The van der Waals surface area contributed by atoms with Crippen LogP contribution in [0, 0.1) is 5.82 Å². The second kappa shape index (κ2) is 6.41. The van der Waals surface area contributed by atoms with Gasteiger partial charge in [0.25, 0.3) is 10.0 Å². The van der Waals surface area contributed by atoms with E-state index in [1.54, 1.807) is 0 Å². The topological polar surface area (TPSA) is 78.5 Å². The van der Waals surface area contributed by atoms with Crippen molar-refractivity contribution in [3.8, 4) is 0 Å². The summed E-state index contributed by atoms with van der Waals surface area (Å²) < 4.78 is 79.0. The van der Waals surface area contributed by atoms with E-state index >= 15 is 0 Å². The van der Waals surface area contributed by atoms with Crippen LogP contribution in [-0.2, 0) is 22.7 Å². The summed E-state index contributed by atoms with van der Waals surface area (Å²) in [6.07, 6.45) is -4.75. The molecule has 1 heterocycles. The summed E-state index contributed by atoms with van der Waals surface area (Å²) in [7, 11) is -2.84. The lowest BCUT2D eigenvalue weighted by Gasteiger charge is -2.26. The van der Waals surface area contributed by atoms with Gasteiger partial charge in [0, 0.05) is 19.3 Å². The highest BCUT2D eigenvalue weighted by molar-refractivity contribution is 7.92. The molecule has 0 unspecified atom stereocenters. The number of halogens is 4.